The molecular weight excluding hydrogens is 446 g/mol. The van der Waals surface area contributed by atoms with Gasteiger partial charge >= 0.3 is 0 Å². The van der Waals surface area contributed by atoms with Gasteiger partial charge in [0.05, 0.1) is 29.4 Å². The van der Waals surface area contributed by atoms with Crippen molar-refractivity contribution in [3.63, 3.8) is 0 Å². The smallest absolute Gasteiger partial charge is 0.116 e. The summed E-state index contributed by atoms with van der Waals surface area (Å²) in [5, 5.41) is 10.0. The third-order valence-corrected chi connectivity index (χ3v) is 7.28. The first-order valence-electron chi connectivity index (χ1n) is 12.6. The lowest BCUT2D eigenvalue weighted by Gasteiger charge is -2.26. The number of fused-ring (bicyclic) bond motifs is 2. The lowest BCUT2D eigenvalue weighted by Crippen LogP contribution is -2.29. The first kappa shape index (κ1) is 21.1. The van der Waals surface area contributed by atoms with E-state index >= 15 is 0 Å². The number of H-pyrrole nitrogens is 2. The Hall–Kier alpha value is -4.16. The summed E-state index contributed by atoms with van der Waals surface area (Å²) in [5.74, 6) is 0. The fourth-order valence-electron chi connectivity index (χ4n) is 5.43. The van der Waals surface area contributed by atoms with Crippen molar-refractivity contribution in [3.8, 4) is 33.8 Å². The van der Waals surface area contributed by atoms with Crippen molar-refractivity contribution in [1.29, 1.82) is 0 Å². The summed E-state index contributed by atoms with van der Waals surface area (Å²) in [6.07, 6.45) is 9.21. The molecule has 0 aliphatic carbocycles. The van der Waals surface area contributed by atoms with Gasteiger partial charge in [-0.05, 0) is 79.0 Å². The van der Waals surface area contributed by atoms with E-state index in [1.54, 1.807) is 12.5 Å². The van der Waals surface area contributed by atoms with Crippen LogP contribution in [0.4, 0.5) is 0 Å². The molecule has 0 atom stereocenters. The van der Waals surface area contributed by atoms with Gasteiger partial charge in [-0.1, -0.05) is 30.7 Å². The van der Waals surface area contributed by atoms with Gasteiger partial charge < -0.3 is 9.40 Å². The predicted molar refractivity (Wildman–Crippen MR) is 143 cm³/mol. The SMILES string of the molecule is c1cc(CN2CCCCC2)cc(-c2ccc3[nH]nc(-c4cc5c(-c6ccoc6)nccc5[nH]4)c3c2)c1. The minimum Gasteiger partial charge on any atom is -0.472 e. The van der Waals surface area contributed by atoms with Gasteiger partial charge in [0.15, 0.2) is 0 Å². The Kier molecular flexibility index (Phi) is 5.17. The molecule has 0 unspecified atom stereocenters. The van der Waals surface area contributed by atoms with Crippen molar-refractivity contribution < 1.29 is 4.42 Å². The van der Waals surface area contributed by atoms with E-state index < -0.39 is 0 Å². The molecule has 7 rings (SSSR count). The molecule has 0 saturated carbocycles. The van der Waals surface area contributed by atoms with Gasteiger partial charge in [-0.2, -0.15) is 5.10 Å². The highest BCUT2D eigenvalue weighted by Gasteiger charge is 2.16. The average molecular weight is 474 g/mol. The largest absolute Gasteiger partial charge is 0.472 e. The van der Waals surface area contributed by atoms with Gasteiger partial charge in [0, 0.05) is 34.6 Å². The Bertz CT molecular complexity index is 1650. The van der Waals surface area contributed by atoms with Crippen LogP contribution in [0.15, 0.2) is 83.8 Å². The molecule has 0 bridgehead atoms. The molecule has 4 aromatic heterocycles. The molecule has 1 aliphatic heterocycles. The van der Waals surface area contributed by atoms with Crippen LogP contribution in [0.3, 0.4) is 0 Å². The van der Waals surface area contributed by atoms with Crippen LogP contribution in [0.1, 0.15) is 24.8 Å². The van der Waals surface area contributed by atoms with Crippen LogP contribution in [0.25, 0.3) is 55.6 Å². The van der Waals surface area contributed by atoms with Crippen molar-refractivity contribution in [2.45, 2.75) is 25.8 Å². The van der Waals surface area contributed by atoms with Gasteiger partial charge in [0.25, 0.3) is 0 Å². The summed E-state index contributed by atoms with van der Waals surface area (Å²) in [6, 6.07) is 21.6. The molecule has 1 fully saturated rings. The number of likely N-dealkylation sites (tertiary alicyclic amines) is 1. The minimum absolute atomic E-state index is 0.898. The molecule has 6 aromatic rings. The van der Waals surface area contributed by atoms with Gasteiger partial charge in [-0.3, -0.25) is 15.0 Å². The summed E-state index contributed by atoms with van der Waals surface area (Å²) in [7, 11) is 0. The Morgan fingerprint density at radius 2 is 1.69 bits per heavy atom. The maximum Gasteiger partial charge on any atom is 0.116 e. The van der Waals surface area contributed by atoms with E-state index in [1.165, 1.54) is 49.0 Å². The van der Waals surface area contributed by atoms with Crippen LogP contribution >= 0.6 is 0 Å². The van der Waals surface area contributed by atoms with Crippen molar-refractivity contribution in [1.82, 2.24) is 25.1 Å². The second kappa shape index (κ2) is 8.81. The Morgan fingerprint density at radius 3 is 2.58 bits per heavy atom. The number of rotatable bonds is 5. The van der Waals surface area contributed by atoms with Crippen LogP contribution in [0.5, 0.6) is 0 Å². The number of aromatic nitrogens is 4. The molecule has 178 valence electrons. The zero-order valence-corrected chi connectivity index (χ0v) is 20.0. The van der Waals surface area contributed by atoms with E-state index in [-0.39, 0.29) is 0 Å². The molecule has 2 aromatic carbocycles. The van der Waals surface area contributed by atoms with Gasteiger partial charge in [0.1, 0.15) is 5.69 Å². The number of pyridine rings is 1. The molecule has 2 N–H and O–H groups in total. The molecular formula is C30H27N5O. The van der Waals surface area contributed by atoms with Crippen molar-refractivity contribution in [2.75, 3.05) is 13.1 Å². The van der Waals surface area contributed by atoms with Gasteiger partial charge in [0.2, 0.25) is 0 Å². The lowest BCUT2D eigenvalue weighted by molar-refractivity contribution is 0.221. The van der Waals surface area contributed by atoms with E-state index in [2.05, 4.69) is 73.6 Å². The molecule has 6 nitrogen and oxygen atoms in total. The summed E-state index contributed by atoms with van der Waals surface area (Å²) < 4.78 is 5.29. The predicted octanol–water partition coefficient (Wildman–Crippen LogP) is 7.02. The number of benzene rings is 2. The van der Waals surface area contributed by atoms with Crippen LogP contribution in [-0.4, -0.2) is 38.2 Å². The summed E-state index contributed by atoms with van der Waals surface area (Å²) in [4.78, 5) is 10.7. The Balaban J connectivity index is 1.26. The first-order chi connectivity index (χ1) is 17.8. The standard InChI is InChI=1S/C30H27N5O/c1-2-12-35(13-3-1)18-20-5-4-6-21(15-20)22-7-8-27-24(16-22)30(34-33-27)28-17-25-26(32-28)9-11-31-29(25)23-10-14-36-19-23/h4-11,14-17,19,32H,1-3,12-13,18H2,(H,33,34). The summed E-state index contributed by atoms with van der Waals surface area (Å²) in [5.41, 5.74) is 9.58. The van der Waals surface area contributed by atoms with E-state index in [0.717, 1.165) is 51.0 Å². The highest BCUT2D eigenvalue weighted by atomic mass is 16.3. The number of aromatic amines is 2. The highest BCUT2D eigenvalue weighted by molar-refractivity contribution is 6.00. The van der Waals surface area contributed by atoms with E-state index in [4.69, 9.17) is 4.42 Å². The van der Waals surface area contributed by atoms with Gasteiger partial charge in [-0.25, -0.2) is 0 Å². The van der Waals surface area contributed by atoms with Crippen molar-refractivity contribution >= 4 is 21.8 Å². The van der Waals surface area contributed by atoms with Crippen molar-refractivity contribution in [3.05, 3.63) is 85.0 Å². The first-order valence-corrected chi connectivity index (χ1v) is 12.6. The monoisotopic (exact) mass is 473 g/mol. The second-order valence-corrected chi connectivity index (χ2v) is 9.69. The summed E-state index contributed by atoms with van der Waals surface area (Å²) >= 11 is 0. The number of piperidine rings is 1. The molecule has 0 amide bonds. The average Bonchev–Trinajstić information content (AvgIpc) is 3.68. The summed E-state index contributed by atoms with van der Waals surface area (Å²) in [6.45, 7) is 3.43. The maximum atomic E-state index is 5.29. The third-order valence-electron chi connectivity index (χ3n) is 7.28. The number of nitrogens with zero attached hydrogens (tertiary/aromatic N) is 3. The van der Waals surface area contributed by atoms with Crippen LogP contribution in [0.2, 0.25) is 0 Å². The molecule has 1 aliphatic rings. The molecule has 6 heteroatoms. The molecule has 1 saturated heterocycles. The third kappa shape index (κ3) is 3.80. The Morgan fingerprint density at radius 1 is 0.806 bits per heavy atom. The van der Waals surface area contributed by atoms with Gasteiger partial charge in [-0.15, -0.1) is 0 Å². The lowest BCUT2D eigenvalue weighted by atomic mass is 10.00. The quantitative estimate of drug-likeness (QED) is 0.282. The normalized spacial score (nSPS) is 14.7. The van der Waals surface area contributed by atoms with Crippen LogP contribution < -0.4 is 0 Å². The van der Waals surface area contributed by atoms with E-state index in [0.29, 0.717) is 0 Å². The Labute approximate surface area is 209 Å². The fraction of sp³-hybridized carbons (Fsp3) is 0.200. The van der Waals surface area contributed by atoms with E-state index in [1.807, 2.05) is 18.3 Å². The molecule has 0 spiro atoms. The number of nitrogens with one attached hydrogen (secondary N) is 2. The van der Waals surface area contributed by atoms with Crippen LogP contribution in [-0.2, 0) is 6.54 Å². The second-order valence-electron chi connectivity index (χ2n) is 9.69. The minimum atomic E-state index is 0.898. The zero-order chi connectivity index (χ0) is 23.9. The molecule has 36 heavy (non-hydrogen) atoms. The van der Waals surface area contributed by atoms with Crippen molar-refractivity contribution in [2.24, 2.45) is 0 Å². The maximum absolute atomic E-state index is 5.29. The van der Waals surface area contributed by atoms with Crippen LogP contribution in [0, 0.1) is 0 Å². The fourth-order valence-corrected chi connectivity index (χ4v) is 5.43. The molecule has 5 heterocycles. The topological polar surface area (TPSA) is 73.7 Å². The number of hydrogen-bond donors (Lipinski definition) is 2. The number of furan rings is 1. The number of hydrogen-bond acceptors (Lipinski definition) is 4. The zero-order valence-electron chi connectivity index (χ0n) is 20.0. The van der Waals surface area contributed by atoms with E-state index in [9.17, 15) is 0 Å². The molecule has 0 radical (unpaired) electrons. The highest BCUT2D eigenvalue weighted by Crippen LogP contribution is 2.34.